The molecule has 3 amide bonds. The highest BCUT2D eigenvalue weighted by molar-refractivity contribution is 6.23. The van der Waals surface area contributed by atoms with Gasteiger partial charge in [-0.05, 0) is 64.1 Å². The van der Waals surface area contributed by atoms with E-state index in [1.54, 1.807) is 36.4 Å². The Kier molecular flexibility index (Phi) is 5.25. The largest absolute Gasteiger partial charge is 0.321 e. The van der Waals surface area contributed by atoms with E-state index in [4.69, 9.17) is 5.26 Å². The number of nitriles is 1. The van der Waals surface area contributed by atoms with E-state index in [0.29, 0.717) is 16.8 Å². The summed E-state index contributed by atoms with van der Waals surface area (Å²) < 4.78 is 0. The number of nitrogens with zero attached hydrogens (tertiary/aromatic N) is 3. The van der Waals surface area contributed by atoms with Gasteiger partial charge in [-0.2, -0.15) is 5.26 Å². The number of carbonyl (C=O) groups is 3. The lowest BCUT2D eigenvalue weighted by molar-refractivity contribution is -0.123. The van der Waals surface area contributed by atoms with Crippen LogP contribution in [-0.4, -0.2) is 34.2 Å². The van der Waals surface area contributed by atoms with Gasteiger partial charge in [0.05, 0.1) is 23.7 Å². The minimum absolute atomic E-state index is 0.0757. The number of rotatable bonds is 3. The molecule has 0 aromatic heterocycles. The third-order valence-corrected chi connectivity index (χ3v) is 4.93. The van der Waals surface area contributed by atoms with Gasteiger partial charge in [-0.15, -0.1) is 0 Å². The van der Waals surface area contributed by atoms with Crippen molar-refractivity contribution in [2.45, 2.75) is 45.7 Å². The van der Waals surface area contributed by atoms with Crippen molar-refractivity contribution in [2.24, 2.45) is 0 Å². The van der Waals surface area contributed by atoms with Gasteiger partial charge >= 0.3 is 0 Å². The number of anilines is 1. The molecule has 1 heterocycles. The number of benzene rings is 2. The minimum Gasteiger partial charge on any atom is -0.321 e. The Hall–Kier alpha value is -3.46. The fourth-order valence-corrected chi connectivity index (χ4v) is 3.52. The molecule has 3 rings (SSSR count). The second-order valence-electron chi connectivity index (χ2n) is 8.16. The van der Waals surface area contributed by atoms with Crippen molar-refractivity contribution in [2.75, 3.05) is 4.90 Å². The van der Waals surface area contributed by atoms with Crippen LogP contribution in [0.4, 0.5) is 5.69 Å². The molecule has 0 spiro atoms. The van der Waals surface area contributed by atoms with Crippen LogP contribution < -0.4 is 4.90 Å². The first-order valence-electron chi connectivity index (χ1n) is 9.41. The van der Waals surface area contributed by atoms with Gasteiger partial charge in [0.15, 0.2) is 0 Å². The Morgan fingerprint density at radius 1 is 1.07 bits per heavy atom. The lowest BCUT2D eigenvalue weighted by atomic mass is 9.99. The van der Waals surface area contributed by atoms with Crippen molar-refractivity contribution < 1.29 is 14.4 Å². The van der Waals surface area contributed by atoms with E-state index in [2.05, 4.69) is 0 Å². The third kappa shape index (κ3) is 3.90. The number of hydrogen-bond donors (Lipinski definition) is 0. The zero-order valence-corrected chi connectivity index (χ0v) is 17.0. The molecular formula is C23H23N3O3. The zero-order valence-electron chi connectivity index (χ0n) is 17.0. The number of carbonyl (C=O) groups excluding carboxylic acids is 3. The number of imide groups is 1. The van der Waals surface area contributed by atoms with Crippen molar-refractivity contribution in [1.82, 2.24) is 4.90 Å². The molecular weight excluding hydrogens is 366 g/mol. The van der Waals surface area contributed by atoms with Gasteiger partial charge < -0.3 is 4.90 Å². The molecule has 1 fully saturated rings. The van der Waals surface area contributed by atoms with Crippen molar-refractivity contribution >= 4 is 23.4 Å². The van der Waals surface area contributed by atoms with Crippen LogP contribution in [0.1, 0.15) is 48.7 Å². The molecule has 29 heavy (non-hydrogen) atoms. The van der Waals surface area contributed by atoms with E-state index in [-0.39, 0.29) is 18.2 Å². The van der Waals surface area contributed by atoms with Crippen LogP contribution >= 0.6 is 0 Å². The van der Waals surface area contributed by atoms with Gasteiger partial charge in [-0.25, -0.2) is 4.90 Å². The second-order valence-corrected chi connectivity index (χ2v) is 8.16. The highest BCUT2D eigenvalue weighted by atomic mass is 16.2. The maximum atomic E-state index is 13.3. The second kappa shape index (κ2) is 7.51. The first-order chi connectivity index (χ1) is 13.6. The summed E-state index contributed by atoms with van der Waals surface area (Å²) in [4.78, 5) is 41.8. The van der Waals surface area contributed by atoms with Gasteiger partial charge in [-0.3, -0.25) is 14.4 Å². The van der Waals surface area contributed by atoms with Gasteiger partial charge in [0.25, 0.3) is 11.8 Å². The van der Waals surface area contributed by atoms with Crippen molar-refractivity contribution in [1.29, 1.82) is 5.26 Å². The smallest absolute Gasteiger partial charge is 0.257 e. The van der Waals surface area contributed by atoms with Gasteiger partial charge in [0.1, 0.15) is 6.04 Å². The molecule has 6 heteroatoms. The number of hydrogen-bond acceptors (Lipinski definition) is 4. The van der Waals surface area contributed by atoms with Gasteiger partial charge in [0, 0.05) is 11.1 Å². The lowest BCUT2D eigenvalue weighted by Gasteiger charge is -2.39. The summed E-state index contributed by atoms with van der Waals surface area (Å²) in [6, 6.07) is 14.5. The van der Waals surface area contributed by atoms with E-state index < -0.39 is 17.5 Å². The normalized spacial score (nSPS) is 16.7. The molecule has 1 aliphatic rings. The molecule has 0 aliphatic carbocycles. The summed E-state index contributed by atoms with van der Waals surface area (Å²) in [7, 11) is 0. The molecule has 0 saturated carbocycles. The number of amides is 3. The first-order valence-corrected chi connectivity index (χ1v) is 9.41. The lowest BCUT2D eigenvalue weighted by Crippen LogP contribution is -2.54. The van der Waals surface area contributed by atoms with E-state index in [9.17, 15) is 14.4 Å². The topological polar surface area (TPSA) is 81.5 Å². The molecule has 148 valence electrons. The van der Waals surface area contributed by atoms with Crippen LogP contribution in [0, 0.1) is 18.3 Å². The first kappa shape index (κ1) is 20.3. The molecule has 1 aliphatic heterocycles. The predicted octanol–water partition coefficient (Wildman–Crippen LogP) is 3.44. The average molecular weight is 389 g/mol. The summed E-state index contributed by atoms with van der Waals surface area (Å²) in [6.45, 7) is 7.48. The van der Waals surface area contributed by atoms with Crippen LogP contribution in [0.15, 0.2) is 48.5 Å². The maximum absolute atomic E-state index is 13.3. The van der Waals surface area contributed by atoms with Crippen LogP contribution in [0.25, 0.3) is 0 Å². The van der Waals surface area contributed by atoms with E-state index >= 15 is 0 Å². The molecule has 0 radical (unpaired) electrons. The SMILES string of the molecule is Cc1ccc(C(=O)N(C2CC(=O)N(c3ccc(C#N)cc3)C2=O)C(C)(C)C)cc1. The summed E-state index contributed by atoms with van der Waals surface area (Å²) in [5.74, 6) is -1.09. The van der Waals surface area contributed by atoms with Crippen molar-refractivity contribution in [3.05, 3.63) is 65.2 Å². The molecule has 2 aromatic rings. The highest BCUT2D eigenvalue weighted by Crippen LogP contribution is 2.31. The fourth-order valence-electron chi connectivity index (χ4n) is 3.52. The van der Waals surface area contributed by atoms with Crippen molar-refractivity contribution in [3.63, 3.8) is 0 Å². The van der Waals surface area contributed by atoms with Crippen LogP contribution in [0.5, 0.6) is 0 Å². The Bertz CT molecular complexity index is 996. The summed E-state index contributed by atoms with van der Waals surface area (Å²) in [6.07, 6.45) is -0.0757. The standard InChI is InChI=1S/C23H23N3O3/c1-15-5-9-17(10-6-15)21(28)26(23(2,3)4)19-13-20(27)25(22(19)29)18-11-7-16(14-24)8-12-18/h5-12,19H,13H2,1-4H3. The Morgan fingerprint density at radius 3 is 2.17 bits per heavy atom. The average Bonchev–Trinajstić information content (AvgIpc) is 2.95. The molecule has 0 N–H and O–H groups in total. The molecule has 2 aromatic carbocycles. The van der Waals surface area contributed by atoms with Gasteiger partial charge in [-0.1, -0.05) is 17.7 Å². The molecule has 1 saturated heterocycles. The quantitative estimate of drug-likeness (QED) is 0.753. The van der Waals surface area contributed by atoms with E-state index in [1.165, 1.54) is 4.90 Å². The van der Waals surface area contributed by atoms with E-state index in [0.717, 1.165) is 10.5 Å². The van der Waals surface area contributed by atoms with Crippen LogP contribution in [-0.2, 0) is 9.59 Å². The molecule has 1 unspecified atom stereocenters. The van der Waals surface area contributed by atoms with Gasteiger partial charge in [0.2, 0.25) is 5.91 Å². The minimum atomic E-state index is -0.882. The van der Waals surface area contributed by atoms with Crippen LogP contribution in [0.2, 0.25) is 0 Å². The van der Waals surface area contributed by atoms with Crippen molar-refractivity contribution in [3.8, 4) is 6.07 Å². The molecule has 0 bridgehead atoms. The maximum Gasteiger partial charge on any atom is 0.257 e. The fraction of sp³-hybridized carbons (Fsp3) is 0.304. The number of aryl methyl sites for hydroxylation is 1. The third-order valence-electron chi connectivity index (χ3n) is 4.93. The summed E-state index contributed by atoms with van der Waals surface area (Å²) in [5.41, 5.74) is 1.68. The predicted molar refractivity (Wildman–Crippen MR) is 109 cm³/mol. The summed E-state index contributed by atoms with van der Waals surface area (Å²) >= 11 is 0. The Labute approximate surface area is 170 Å². The summed E-state index contributed by atoms with van der Waals surface area (Å²) in [5, 5.41) is 8.95. The molecule has 6 nitrogen and oxygen atoms in total. The highest BCUT2D eigenvalue weighted by Gasteiger charge is 2.47. The molecule has 1 atom stereocenters. The Morgan fingerprint density at radius 2 is 1.66 bits per heavy atom. The zero-order chi connectivity index (χ0) is 21.3. The Balaban J connectivity index is 1.96. The van der Waals surface area contributed by atoms with E-state index in [1.807, 2.05) is 45.9 Å². The van der Waals surface area contributed by atoms with Crippen LogP contribution in [0.3, 0.4) is 0 Å². The monoisotopic (exact) mass is 389 g/mol.